The van der Waals surface area contributed by atoms with E-state index in [0.717, 1.165) is 11.1 Å². The van der Waals surface area contributed by atoms with Gasteiger partial charge < -0.3 is 9.84 Å². The van der Waals surface area contributed by atoms with Crippen LogP contribution in [0.4, 0.5) is 0 Å². The summed E-state index contributed by atoms with van der Waals surface area (Å²) in [5.74, 6) is -0.404. The lowest BCUT2D eigenvalue weighted by Gasteiger charge is -2.31. The summed E-state index contributed by atoms with van der Waals surface area (Å²) in [4.78, 5) is 16.8. The fourth-order valence-corrected chi connectivity index (χ4v) is 5.65. The van der Waals surface area contributed by atoms with Crippen LogP contribution >= 0.6 is 0 Å². The number of nitrogens with zero attached hydrogens (tertiary/aromatic N) is 3. The Morgan fingerprint density at radius 3 is 2.79 bits per heavy atom. The number of nitrogens with one attached hydrogen (secondary N) is 1. The topological polar surface area (TPSA) is 105 Å². The third kappa shape index (κ3) is 5.37. The number of hydrogen-bond acceptors (Lipinski definition) is 6. The van der Waals surface area contributed by atoms with Gasteiger partial charge in [-0.3, -0.25) is 9.78 Å². The first kappa shape index (κ1) is 22.9. The summed E-state index contributed by atoms with van der Waals surface area (Å²) in [7, 11) is -3.88. The number of rotatable bonds is 7. The van der Waals surface area contributed by atoms with E-state index in [1.54, 1.807) is 31.5 Å². The molecule has 1 aliphatic heterocycles. The smallest absolute Gasteiger partial charge is 0.248 e. The number of carbonyl (C=O) groups excluding carboxylic acids is 1. The van der Waals surface area contributed by atoms with Crippen molar-refractivity contribution in [2.45, 2.75) is 31.2 Å². The highest BCUT2D eigenvalue weighted by Crippen LogP contribution is 2.29. The first-order chi connectivity index (χ1) is 15.9. The Bertz CT molecular complexity index is 1220. The molecule has 8 nitrogen and oxygen atoms in total. The number of benzene rings is 1. The molecule has 1 aliphatic rings. The monoisotopic (exact) mass is 466 g/mol. The van der Waals surface area contributed by atoms with E-state index in [4.69, 9.17) is 4.52 Å². The molecule has 9 heteroatoms. The van der Waals surface area contributed by atoms with Gasteiger partial charge in [-0.1, -0.05) is 47.6 Å². The highest BCUT2D eigenvalue weighted by molar-refractivity contribution is 7.89. The van der Waals surface area contributed by atoms with E-state index >= 15 is 0 Å². The van der Waals surface area contributed by atoms with Crippen molar-refractivity contribution in [1.82, 2.24) is 19.8 Å². The highest BCUT2D eigenvalue weighted by Gasteiger charge is 2.36. The number of hydrogen-bond donors (Lipinski definition) is 1. The molecule has 1 saturated heterocycles. The van der Waals surface area contributed by atoms with Gasteiger partial charge in [0.25, 0.3) is 0 Å². The van der Waals surface area contributed by atoms with Crippen LogP contribution in [-0.4, -0.2) is 41.9 Å². The molecule has 0 radical (unpaired) electrons. The zero-order chi connectivity index (χ0) is 23.3. The number of pyridine rings is 1. The van der Waals surface area contributed by atoms with Gasteiger partial charge >= 0.3 is 0 Å². The lowest BCUT2D eigenvalue weighted by Crippen LogP contribution is -2.45. The van der Waals surface area contributed by atoms with Crippen LogP contribution in [0, 0.1) is 12.8 Å². The molecule has 2 aromatic heterocycles. The molecule has 1 aromatic carbocycles. The Labute approximate surface area is 193 Å². The average Bonchev–Trinajstić information content (AvgIpc) is 3.23. The molecule has 0 aliphatic carbocycles. The highest BCUT2D eigenvalue weighted by atomic mass is 32.2. The van der Waals surface area contributed by atoms with Crippen molar-refractivity contribution < 1.29 is 17.7 Å². The molecule has 0 spiro atoms. The van der Waals surface area contributed by atoms with Gasteiger partial charge in [-0.05, 0) is 43.0 Å². The van der Waals surface area contributed by atoms with E-state index in [2.05, 4.69) is 15.5 Å². The normalized spacial score (nSPS) is 17.3. The first-order valence-electron chi connectivity index (χ1n) is 10.8. The molecular formula is C24H26N4O4S. The van der Waals surface area contributed by atoms with Crippen LogP contribution in [0.3, 0.4) is 0 Å². The van der Waals surface area contributed by atoms with E-state index < -0.39 is 15.9 Å². The minimum absolute atomic E-state index is 0.0473. The summed E-state index contributed by atoms with van der Waals surface area (Å²) >= 11 is 0. The second-order valence-electron chi connectivity index (χ2n) is 7.99. The van der Waals surface area contributed by atoms with E-state index in [0.29, 0.717) is 31.6 Å². The Morgan fingerprint density at radius 1 is 1.21 bits per heavy atom. The van der Waals surface area contributed by atoms with Crippen LogP contribution in [0.25, 0.3) is 12.2 Å². The molecule has 4 rings (SSSR count). The minimum Gasteiger partial charge on any atom is -0.355 e. The molecule has 172 valence electrons. The van der Waals surface area contributed by atoms with Crippen molar-refractivity contribution in [1.29, 1.82) is 0 Å². The first-order valence-corrected chi connectivity index (χ1v) is 12.3. The largest absolute Gasteiger partial charge is 0.355 e. The summed E-state index contributed by atoms with van der Waals surface area (Å²) in [6, 6.07) is 13.2. The number of aryl methyl sites for hydroxylation is 1. The molecule has 0 bridgehead atoms. The van der Waals surface area contributed by atoms with Gasteiger partial charge in [0.2, 0.25) is 15.9 Å². The molecule has 33 heavy (non-hydrogen) atoms. The van der Waals surface area contributed by atoms with E-state index in [9.17, 15) is 13.2 Å². The van der Waals surface area contributed by atoms with Crippen molar-refractivity contribution in [3.05, 3.63) is 77.4 Å². The fraction of sp³-hybridized carbons (Fsp3) is 0.292. The van der Waals surface area contributed by atoms with E-state index in [-0.39, 0.29) is 23.1 Å². The number of carbonyl (C=O) groups is 1. The van der Waals surface area contributed by atoms with Gasteiger partial charge in [0.15, 0.2) is 10.7 Å². The molecule has 1 atom stereocenters. The third-order valence-corrected chi connectivity index (χ3v) is 7.63. The summed E-state index contributed by atoms with van der Waals surface area (Å²) in [6.45, 7) is 2.43. The van der Waals surface area contributed by atoms with Crippen LogP contribution < -0.4 is 5.32 Å². The average molecular weight is 467 g/mol. The van der Waals surface area contributed by atoms with Gasteiger partial charge in [-0.2, -0.15) is 4.31 Å². The number of amides is 1. The lowest BCUT2D eigenvalue weighted by molar-refractivity contribution is -0.126. The van der Waals surface area contributed by atoms with Gasteiger partial charge in [0.05, 0.1) is 5.92 Å². The minimum atomic E-state index is -3.88. The zero-order valence-electron chi connectivity index (χ0n) is 18.3. The van der Waals surface area contributed by atoms with Crippen molar-refractivity contribution in [3.8, 4) is 0 Å². The number of sulfonamides is 1. The number of aromatic nitrogens is 2. The van der Waals surface area contributed by atoms with E-state index in [1.807, 2.05) is 42.5 Å². The summed E-state index contributed by atoms with van der Waals surface area (Å²) < 4.78 is 33.7. The van der Waals surface area contributed by atoms with Crippen LogP contribution in [0.5, 0.6) is 0 Å². The molecule has 3 aromatic rings. The molecule has 3 heterocycles. The Morgan fingerprint density at radius 2 is 2.03 bits per heavy atom. The molecular weight excluding hydrogens is 440 g/mol. The van der Waals surface area contributed by atoms with Gasteiger partial charge in [0.1, 0.15) is 5.69 Å². The summed E-state index contributed by atoms with van der Waals surface area (Å²) in [5.41, 5.74) is 2.10. The second-order valence-corrected chi connectivity index (χ2v) is 9.86. The van der Waals surface area contributed by atoms with Crippen LogP contribution in [0.1, 0.15) is 35.4 Å². The Balaban J connectivity index is 1.48. The summed E-state index contributed by atoms with van der Waals surface area (Å²) in [5, 5.41) is 6.78. The van der Waals surface area contributed by atoms with Crippen molar-refractivity contribution >= 4 is 28.1 Å². The maximum absolute atomic E-state index is 13.5. The molecule has 1 amide bonds. The van der Waals surface area contributed by atoms with Gasteiger partial charge in [-0.15, -0.1) is 0 Å². The maximum atomic E-state index is 13.5. The quantitative estimate of drug-likeness (QED) is 0.573. The van der Waals surface area contributed by atoms with Crippen molar-refractivity contribution in [3.63, 3.8) is 0 Å². The van der Waals surface area contributed by atoms with E-state index in [1.165, 1.54) is 4.31 Å². The predicted molar refractivity (Wildman–Crippen MR) is 124 cm³/mol. The summed E-state index contributed by atoms with van der Waals surface area (Å²) in [6.07, 6.45) is 7.99. The van der Waals surface area contributed by atoms with Crippen molar-refractivity contribution in [2.24, 2.45) is 5.92 Å². The van der Waals surface area contributed by atoms with Crippen molar-refractivity contribution in [2.75, 3.05) is 13.1 Å². The van der Waals surface area contributed by atoms with Crippen LogP contribution in [0.2, 0.25) is 0 Å². The van der Waals surface area contributed by atoms with Crippen LogP contribution in [0.15, 0.2) is 64.3 Å². The maximum Gasteiger partial charge on any atom is 0.248 e. The SMILES string of the molecule is Cc1noc(/C=C/c2ccccc2)c1S(=O)(=O)N1CCCC(C(=O)NCc2cccnc2)C1. The molecule has 0 saturated carbocycles. The standard InChI is InChI=1S/C24H26N4O4S/c1-18-23(22(32-27-18)12-11-19-7-3-2-4-8-19)33(30,31)28-14-6-10-21(17-28)24(29)26-16-20-9-5-13-25-15-20/h2-5,7-9,11-13,15,21H,6,10,14,16-17H2,1H3,(H,26,29)/b12-11+. The second kappa shape index (κ2) is 10.1. The molecule has 1 unspecified atom stereocenters. The Hall–Kier alpha value is -3.30. The van der Waals surface area contributed by atoms with Crippen LogP contribution in [-0.2, 0) is 21.4 Å². The number of piperidine rings is 1. The van der Waals surface area contributed by atoms with Gasteiger partial charge in [0, 0.05) is 32.0 Å². The zero-order valence-corrected chi connectivity index (χ0v) is 19.2. The lowest BCUT2D eigenvalue weighted by atomic mass is 9.99. The Kier molecular flexibility index (Phi) is 7.00. The van der Waals surface area contributed by atoms with Gasteiger partial charge in [-0.25, -0.2) is 8.42 Å². The molecule has 1 fully saturated rings. The third-order valence-electron chi connectivity index (χ3n) is 5.60. The molecule has 1 N–H and O–H groups in total. The fourth-order valence-electron chi connectivity index (χ4n) is 3.87. The predicted octanol–water partition coefficient (Wildman–Crippen LogP) is 3.27.